The van der Waals surface area contributed by atoms with Crippen molar-refractivity contribution < 1.29 is 17.9 Å². The molecule has 2 aromatic rings. The molecule has 30 heavy (non-hydrogen) atoms. The van der Waals surface area contributed by atoms with E-state index >= 15 is 0 Å². The van der Waals surface area contributed by atoms with Gasteiger partial charge < -0.3 is 9.64 Å². The normalized spacial score (nSPS) is 18.5. The third kappa shape index (κ3) is 3.61. The monoisotopic (exact) mass is 428 g/mol. The van der Waals surface area contributed by atoms with Crippen LogP contribution >= 0.6 is 0 Å². The molecule has 1 unspecified atom stereocenters. The van der Waals surface area contributed by atoms with E-state index in [9.17, 15) is 13.2 Å². The second-order valence-corrected chi connectivity index (χ2v) is 9.90. The molecule has 4 rings (SSSR count). The maximum Gasteiger partial charge on any atom is 0.262 e. The number of ether oxygens (including phenoxy) is 1. The maximum atomic E-state index is 13.3. The molecule has 0 saturated carbocycles. The summed E-state index contributed by atoms with van der Waals surface area (Å²) in [5, 5.41) is 0. The number of nitrogens with zero attached hydrogens (tertiary/aromatic N) is 1. The van der Waals surface area contributed by atoms with Crippen molar-refractivity contribution in [2.45, 2.75) is 58.0 Å². The van der Waals surface area contributed by atoms with E-state index in [0.29, 0.717) is 23.7 Å². The molecule has 0 aliphatic carbocycles. The van der Waals surface area contributed by atoms with Crippen LogP contribution < -0.4 is 9.62 Å². The zero-order valence-corrected chi connectivity index (χ0v) is 18.7. The Morgan fingerprint density at radius 1 is 1.10 bits per heavy atom. The lowest BCUT2D eigenvalue weighted by Crippen LogP contribution is -2.37. The molecule has 0 radical (unpaired) electrons. The van der Waals surface area contributed by atoms with Gasteiger partial charge in [0.25, 0.3) is 15.9 Å². The average molecular weight is 429 g/mol. The van der Waals surface area contributed by atoms with Gasteiger partial charge in [0.1, 0.15) is 6.10 Å². The van der Waals surface area contributed by atoms with Crippen LogP contribution in [0.1, 0.15) is 40.7 Å². The lowest BCUT2D eigenvalue weighted by Gasteiger charge is -2.22. The van der Waals surface area contributed by atoms with Gasteiger partial charge in [-0.2, -0.15) is 0 Å². The number of sulfonamides is 1. The van der Waals surface area contributed by atoms with Gasteiger partial charge in [-0.15, -0.1) is 0 Å². The summed E-state index contributed by atoms with van der Waals surface area (Å²) in [6.07, 6.45) is 2.00. The van der Waals surface area contributed by atoms with Crippen molar-refractivity contribution in [2.24, 2.45) is 0 Å². The van der Waals surface area contributed by atoms with E-state index in [2.05, 4.69) is 4.72 Å². The van der Waals surface area contributed by atoms with E-state index in [0.717, 1.165) is 52.8 Å². The Balaban J connectivity index is 1.66. The molecule has 1 amide bonds. The van der Waals surface area contributed by atoms with E-state index < -0.39 is 16.1 Å². The second-order valence-electron chi connectivity index (χ2n) is 8.28. The van der Waals surface area contributed by atoms with Crippen LogP contribution in [0.2, 0.25) is 0 Å². The fourth-order valence-corrected chi connectivity index (χ4v) is 6.08. The van der Waals surface area contributed by atoms with Gasteiger partial charge in [0.05, 0.1) is 10.6 Å². The number of nitrogens with one attached hydrogen (secondary N) is 1. The lowest BCUT2D eigenvalue weighted by atomic mass is 10.0. The number of fused-ring (bicyclic) bond motifs is 1. The minimum Gasteiger partial charge on any atom is -0.368 e. The number of amides is 1. The largest absolute Gasteiger partial charge is 0.368 e. The van der Waals surface area contributed by atoms with E-state index in [1.807, 2.05) is 39.8 Å². The molecule has 0 spiro atoms. The molecule has 2 aromatic carbocycles. The van der Waals surface area contributed by atoms with Gasteiger partial charge in [0, 0.05) is 18.8 Å². The molecule has 2 aliphatic heterocycles. The van der Waals surface area contributed by atoms with E-state index in [-0.39, 0.29) is 5.91 Å². The topological polar surface area (TPSA) is 75.7 Å². The van der Waals surface area contributed by atoms with Crippen molar-refractivity contribution in [3.05, 3.63) is 52.1 Å². The number of benzene rings is 2. The Bertz CT molecular complexity index is 1090. The highest BCUT2D eigenvalue weighted by molar-refractivity contribution is 7.92. The Kier molecular flexibility index (Phi) is 5.36. The first-order valence-electron chi connectivity index (χ1n) is 10.3. The molecule has 7 heteroatoms. The molecular formula is C23H28N2O4S. The number of hydrogen-bond acceptors (Lipinski definition) is 4. The average Bonchev–Trinajstić information content (AvgIpc) is 3.35. The highest BCUT2D eigenvalue weighted by Gasteiger charge is 2.33. The fraction of sp³-hybridized carbons (Fsp3) is 0.435. The predicted octanol–water partition coefficient (Wildman–Crippen LogP) is 3.79. The number of anilines is 2. The van der Waals surface area contributed by atoms with E-state index in [4.69, 9.17) is 4.74 Å². The first-order valence-corrected chi connectivity index (χ1v) is 11.8. The van der Waals surface area contributed by atoms with Crippen molar-refractivity contribution >= 4 is 27.3 Å². The highest BCUT2D eigenvalue weighted by atomic mass is 32.2. The van der Waals surface area contributed by atoms with Gasteiger partial charge in [-0.1, -0.05) is 12.1 Å². The van der Waals surface area contributed by atoms with Crippen LogP contribution in [-0.4, -0.2) is 33.6 Å². The Hall–Kier alpha value is -2.38. The molecule has 0 aromatic heterocycles. The molecular weight excluding hydrogens is 400 g/mol. The maximum absolute atomic E-state index is 13.3. The van der Waals surface area contributed by atoms with Crippen LogP contribution in [0.3, 0.4) is 0 Å². The van der Waals surface area contributed by atoms with Gasteiger partial charge in [-0.25, -0.2) is 8.42 Å². The quantitative estimate of drug-likeness (QED) is 0.804. The van der Waals surface area contributed by atoms with Crippen LogP contribution in [0.25, 0.3) is 0 Å². The van der Waals surface area contributed by atoms with Gasteiger partial charge in [0.15, 0.2) is 0 Å². The lowest BCUT2D eigenvalue weighted by molar-refractivity contribution is -0.127. The minimum absolute atomic E-state index is 0.0349. The minimum atomic E-state index is -3.77. The third-order valence-corrected chi connectivity index (χ3v) is 7.92. The number of hydrogen-bond donors (Lipinski definition) is 1. The first-order chi connectivity index (χ1) is 14.2. The molecule has 1 saturated heterocycles. The van der Waals surface area contributed by atoms with Crippen molar-refractivity contribution in [2.75, 3.05) is 22.8 Å². The van der Waals surface area contributed by atoms with Crippen LogP contribution in [0.15, 0.2) is 29.2 Å². The van der Waals surface area contributed by atoms with Crippen LogP contribution in [-0.2, 0) is 26.0 Å². The van der Waals surface area contributed by atoms with Crippen molar-refractivity contribution in [1.82, 2.24) is 0 Å². The summed E-state index contributed by atoms with van der Waals surface area (Å²) in [5.74, 6) is -0.0349. The second kappa shape index (κ2) is 7.71. The van der Waals surface area contributed by atoms with Gasteiger partial charge in [-0.3, -0.25) is 9.52 Å². The summed E-state index contributed by atoms with van der Waals surface area (Å²) in [6.45, 7) is 8.72. The van der Waals surface area contributed by atoms with E-state index in [1.165, 1.54) is 0 Å². The van der Waals surface area contributed by atoms with Crippen LogP contribution in [0.4, 0.5) is 11.4 Å². The molecule has 2 heterocycles. The van der Waals surface area contributed by atoms with Crippen molar-refractivity contribution in [3.63, 3.8) is 0 Å². The molecule has 6 nitrogen and oxygen atoms in total. The zero-order valence-electron chi connectivity index (χ0n) is 17.9. The molecule has 1 atom stereocenters. The smallest absolute Gasteiger partial charge is 0.262 e. The molecule has 160 valence electrons. The SMILES string of the molecule is Cc1cc(C)c(C)c(S(=O)(=O)Nc2ccc3c(c2)N(C(=O)C2CCCO2)CC3)c1C. The molecule has 1 fully saturated rings. The van der Waals surface area contributed by atoms with Crippen LogP contribution in [0.5, 0.6) is 0 Å². The van der Waals surface area contributed by atoms with Gasteiger partial charge in [0.2, 0.25) is 0 Å². The van der Waals surface area contributed by atoms with Gasteiger partial charge >= 0.3 is 0 Å². The Morgan fingerprint density at radius 3 is 2.43 bits per heavy atom. The summed E-state index contributed by atoms with van der Waals surface area (Å²) < 4.78 is 34.8. The molecule has 0 bridgehead atoms. The summed E-state index contributed by atoms with van der Waals surface area (Å²) in [7, 11) is -3.77. The van der Waals surface area contributed by atoms with Gasteiger partial charge in [-0.05, 0) is 86.9 Å². The summed E-state index contributed by atoms with van der Waals surface area (Å²) >= 11 is 0. The van der Waals surface area contributed by atoms with Crippen molar-refractivity contribution in [3.8, 4) is 0 Å². The number of carbonyl (C=O) groups is 1. The number of rotatable bonds is 4. The third-order valence-electron chi connectivity index (χ3n) is 6.27. The summed E-state index contributed by atoms with van der Waals surface area (Å²) in [5.41, 5.74) is 5.66. The Labute approximate surface area is 178 Å². The fourth-order valence-electron chi connectivity index (χ4n) is 4.41. The summed E-state index contributed by atoms with van der Waals surface area (Å²) in [4.78, 5) is 14.9. The van der Waals surface area contributed by atoms with Crippen LogP contribution in [0, 0.1) is 27.7 Å². The Morgan fingerprint density at radius 2 is 1.80 bits per heavy atom. The van der Waals surface area contributed by atoms with Crippen molar-refractivity contribution in [1.29, 1.82) is 0 Å². The van der Waals surface area contributed by atoms with E-state index in [1.54, 1.807) is 17.0 Å². The standard InChI is InChI=1S/C23H28N2O4S/c1-14-12-15(2)17(4)22(16(14)3)30(27,28)24-19-8-7-18-9-10-25(20(18)13-19)23(26)21-6-5-11-29-21/h7-8,12-13,21,24H,5-6,9-11H2,1-4H3. The highest BCUT2D eigenvalue weighted by Crippen LogP contribution is 2.34. The number of carbonyl (C=O) groups excluding carboxylic acids is 1. The molecule has 1 N–H and O–H groups in total. The zero-order chi connectivity index (χ0) is 21.6. The predicted molar refractivity (Wildman–Crippen MR) is 118 cm³/mol. The summed E-state index contributed by atoms with van der Waals surface area (Å²) in [6, 6.07) is 7.44. The number of aryl methyl sites for hydroxylation is 2. The first kappa shape index (κ1) is 20.9. The molecule has 2 aliphatic rings.